The number of nitrogens with one attached hydrogen (secondary N) is 2. The van der Waals surface area contributed by atoms with Crippen LogP contribution in [0.2, 0.25) is 0 Å². The summed E-state index contributed by atoms with van der Waals surface area (Å²) in [6.07, 6.45) is -10.9. The zero-order chi connectivity index (χ0) is 38.6. The Morgan fingerprint density at radius 1 is 0.906 bits per heavy atom. The largest absolute Gasteiger partial charge is 0.496 e. The number of methoxy groups -OCH3 is 1. The minimum Gasteiger partial charge on any atom is -0.496 e. The third-order valence-electron chi connectivity index (χ3n) is 8.29. The molecule has 1 fully saturated rings. The van der Waals surface area contributed by atoms with Crippen LogP contribution in [-0.2, 0) is 21.9 Å². The van der Waals surface area contributed by atoms with Gasteiger partial charge in [-0.15, -0.1) is 11.3 Å². The van der Waals surface area contributed by atoms with Gasteiger partial charge in [0.1, 0.15) is 22.0 Å². The Hall–Kier alpha value is -5.39. The molecule has 18 heteroatoms. The molecule has 10 nitrogen and oxygen atoms in total. The van der Waals surface area contributed by atoms with Gasteiger partial charge in [0.15, 0.2) is 6.10 Å². The fourth-order valence-corrected chi connectivity index (χ4v) is 6.96. The van der Waals surface area contributed by atoms with Gasteiger partial charge in [-0.25, -0.2) is 9.18 Å². The van der Waals surface area contributed by atoms with Crippen LogP contribution >= 0.6 is 11.3 Å². The van der Waals surface area contributed by atoms with Crippen LogP contribution in [0, 0.1) is 11.7 Å². The van der Waals surface area contributed by atoms with E-state index < -0.39 is 64.6 Å². The lowest BCUT2D eigenvalue weighted by Gasteiger charge is -2.24. The molecule has 0 aliphatic carbocycles. The highest BCUT2D eigenvalue weighted by atomic mass is 32.1. The molecule has 1 aromatic heterocycles. The zero-order valence-electron chi connectivity index (χ0n) is 28.2. The van der Waals surface area contributed by atoms with Crippen molar-refractivity contribution in [3.05, 3.63) is 87.5 Å². The van der Waals surface area contributed by atoms with Crippen molar-refractivity contribution in [1.29, 1.82) is 0 Å². The molecular weight excluding hydrogens is 737 g/mol. The number of nitrogens with zero attached hydrogens (tertiary/aromatic N) is 2. The van der Waals surface area contributed by atoms with Crippen molar-refractivity contribution in [3.63, 3.8) is 0 Å². The lowest BCUT2D eigenvalue weighted by Crippen LogP contribution is -2.36. The van der Waals surface area contributed by atoms with Gasteiger partial charge in [0.25, 0.3) is 11.8 Å². The van der Waals surface area contributed by atoms with Crippen LogP contribution in [-0.4, -0.2) is 60.4 Å². The Kier molecular flexibility index (Phi) is 9.55. The van der Waals surface area contributed by atoms with Gasteiger partial charge in [0, 0.05) is 27.9 Å². The highest BCUT2D eigenvalue weighted by Gasteiger charge is 2.45. The minimum absolute atomic E-state index is 0.0244. The van der Waals surface area contributed by atoms with Gasteiger partial charge in [-0.2, -0.15) is 26.3 Å². The quantitative estimate of drug-likeness (QED) is 0.190. The Morgan fingerprint density at radius 2 is 1.64 bits per heavy atom. The van der Waals surface area contributed by atoms with Gasteiger partial charge >= 0.3 is 18.4 Å². The number of halogens is 7. The second-order valence-corrected chi connectivity index (χ2v) is 14.2. The van der Waals surface area contributed by atoms with E-state index in [1.807, 2.05) is 0 Å². The molecule has 280 valence electrons. The van der Waals surface area contributed by atoms with Crippen molar-refractivity contribution in [2.24, 2.45) is 11.1 Å². The smallest absolute Gasteiger partial charge is 0.419 e. The average Bonchev–Trinajstić information content (AvgIpc) is 3.77. The maximum Gasteiger partial charge on any atom is 0.419 e. The molecule has 0 spiro atoms. The zero-order valence-corrected chi connectivity index (χ0v) is 29.0. The summed E-state index contributed by atoms with van der Waals surface area (Å²) in [6, 6.07) is 8.84. The maximum atomic E-state index is 14.0. The molecule has 2 N–H and O–H groups in total. The third-order valence-corrected chi connectivity index (χ3v) is 9.44. The third kappa shape index (κ3) is 7.72. The van der Waals surface area contributed by atoms with E-state index in [4.69, 9.17) is 14.3 Å². The first-order valence-corrected chi connectivity index (χ1v) is 16.6. The van der Waals surface area contributed by atoms with E-state index in [0.29, 0.717) is 34.7 Å². The lowest BCUT2D eigenvalue weighted by molar-refractivity contribution is -0.140. The molecule has 6 rings (SSSR count). The molecule has 4 aromatic rings. The summed E-state index contributed by atoms with van der Waals surface area (Å²) in [5.74, 6) is -3.85. The molecule has 0 radical (unpaired) electrons. The predicted octanol–water partition coefficient (Wildman–Crippen LogP) is 8.56. The van der Waals surface area contributed by atoms with Crippen LogP contribution in [0.25, 0.3) is 10.1 Å². The van der Waals surface area contributed by atoms with Gasteiger partial charge in [0.05, 0.1) is 47.7 Å². The Morgan fingerprint density at radius 3 is 2.30 bits per heavy atom. The number of thiophene rings is 1. The van der Waals surface area contributed by atoms with Crippen molar-refractivity contribution in [2.75, 3.05) is 30.8 Å². The number of ether oxygens (including phenoxy) is 2. The molecule has 2 aliphatic heterocycles. The number of hydrogen-bond acceptors (Lipinski definition) is 8. The lowest BCUT2D eigenvalue weighted by atomic mass is 9.93. The summed E-state index contributed by atoms with van der Waals surface area (Å²) in [5, 5.41) is 9.00. The minimum atomic E-state index is -5.09. The van der Waals surface area contributed by atoms with Crippen molar-refractivity contribution in [3.8, 4) is 5.75 Å². The van der Waals surface area contributed by atoms with E-state index in [0.717, 1.165) is 24.3 Å². The SMILES string of the molecule is COc1ccc(C2=NOC3CN(C(=O)OC(C)(C)C)CC23)cc1C(=O)Nc1c(C(=O)Nc2ccc(F)c(C(F)(F)F)c2)sc2cc(C(F)(F)F)ccc12. The second-order valence-electron chi connectivity index (χ2n) is 13.1. The van der Waals surface area contributed by atoms with Gasteiger partial charge in [-0.05, 0) is 69.3 Å². The van der Waals surface area contributed by atoms with Crippen molar-refractivity contribution in [1.82, 2.24) is 4.90 Å². The average molecular weight is 767 g/mol. The fourth-order valence-electron chi connectivity index (χ4n) is 5.87. The number of carbonyl (C=O) groups is 3. The number of alkyl halides is 6. The summed E-state index contributed by atoms with van der Waals surface area (Å²) in [4.78, 5) is 46.9. The first kappa shape index (κ1) is 37.4. The fraction of sp³-hybridized carbons (Fsp3) is 0.314. The van der Waals surface area contributed by atoms with Crippen molar-refractivity contribution >= 4 is 56.4 Å². The topological polar surface area (TPSA) is 119 Å². The number of amides is 3. The number of fused-ring (bicyclic) bond motifs is 2. The van der Waals surface area contributed by atoms with E-state index in [9.17, 15) is 45.1 Å². The summed E-state index contributed by atoms with van der Waals surface area (Å²) in [7, 11) is 1.29. The van der Waals surface area contributed by atoms with Crippen molar-refractivity contribution in [2.45, 2.75) is 44.8 Å². The Balaban J connectivity index is 1.33. The summed E-state index contributed by atoms with van der Waals surface area (Å²) < 4.78 is 106. The van der Waals surface area contributed by atoms with E-state index in [-0.39, 0.29) is 51.0 Å². The van der Waals surface area contributed by atoms with E-state index >= 15 is 0 Å². The molecule has 0 saturated carbocycles. The summed E-state index contributed by atoms with van der Waals surface area (Å²) in [6.45, 7) is 5.63. The summed E-state index contributed by atoms with van der Waals surface area (Å²) >= 11 is 0.549. The number of carbonyl (C=O) groups excluding carboxylic acids is 3. The number of likely N-dealkylation sites (tertiary alicyclic amines) is 1. The predicted molar refractivity (Wildman–Crippen MR) is 180 cm³/mol. The van der Waals surface area contributed by atoms with E-state index in [1.165, 1.54) is 24.1 Å². The number of rotatable bonds is 6. The van der Waals surface area contributed by atoms with Crippen molar-refractivity contribution < 1.29 is 59.4 Å². The first-order valence-electron chi connectivity index (χ1n) is 15.8. The molecule has 53 heavy (non-hydrogen) atoms. The molecular formula is C35H29F7N4O6S. The first-order chi connectivity index (χ1) is 24.7. The van der Waals surface area contributed by atoms with Gasteiger partial charge < -0.3 is 29.8 Å². The molecule has 3 heterocycles. The standard InChI is InChI=1S/C35H29F7N4O6S/c1-33(2,3)51-32(49)46-14-21-25(15-46)52-45-27(21)16-5-10-24(50-4)20(11-16)30(47)44-28-19-8-6-17(34(37,38)39)12-26(19)53-29(28)31(48)43-18-7-9-23(36)22(13-18)35(40,41)42/h5-13,21,25H,14-15H2,1-4H3,(H,43,48)(H,44,47). The Labute approximate surface area is 300 Å². The van der Waals surface area contributed by atoms with Crippen LogP contribution in [0.4, 0.5) is 46.9 Å². The molecule has 3 amide bonds. The molecule has 0 bridgehead atoms. The molecule has 2 unspecified atom stereocenters. The molecule has 2 aliphatic rings. The molecule has 3 aromatic carbocycles. The monoisotopic (exact) mass is 766 g/mol. The summed E-state index contributed by atoms with van der Waals surface area (Å²) in [5.41, 5.74) is -3.35. The highest BCUT2D eigenvalue weighted by molar-refractivity contribution is 7.21. The van der Waals surface area contributed by atoms with Crippen LogP contribution in [0.1, 0.15) is 57.5 Å². The number of oxime groups is 1. The molecule has 2 atom stereocenters. The van der Waals surface area contributed by atoms with Crippen LogP contribution in [0.3, 0.4) is 0 Å². The van der Waals surface area contributed by atoms with Crippen LogP contribution < -0.4 is 15.4 Å². The number of benzene rings is 3. The van der Waals surface area contributed by atoms with E-state index in [1.54, 1.807) is 26.8 Å². The second kappa shape index (κ2) is 13.5. The van der Waals surface area contributed by atoms with Gasteiger partial charge in [0.2, 0.25) is 0 Å². The number of hydrogen-bond donors (Lipinski definition) is 2. The van der Waals surface area contributed by atoms with E-state index in [2.05, 4.69) is 15.8 Å². The van der Waals surface area contributed by atoms with Crippen LogP contribution in [0.5, 0.6) is 5.75 Å². The number of anilines is 2. The molecule has 1 saturated heterocycles. The normalized spacial score (nSPS) is 17.3. The highest BCUT2D eigenvalue weighted by Crippen LogP contribution is 2.41. The van der Waals surface area contributed by atoms with Gasteiger partial charge in [-0.3, -0.25) is 9.59 Å². The van der Waals surface area contributed by atoms with Crippen LogP contribution in [0.15, 0.2) is 59.8 Å². The maximum absolute atomic E-state index is 14.0. The van der Waals surface area contributed by atoms with Gasteiger partial charge in [-0.1, -0.05) is 11.2 Å². The Bertz CT molecular complexity index is 2160.